The summed E-state index contributed by atoms with van der Waals surface area (Å²) in [6.07, 6.45) is 16.2. The summed E-state index contributed by atoms with van der Waals surface area (Å²) in [5.41, 5.74) is 0. The lowest BCUT2D eigenvalue weighted by Crippen LogP contribution is -2.64. The molecule has 8 atom stereocenters. The second-order valence-electron chi connectivity index (χ2n) is 10.4. The summed E-state index contributed by atoms with van der Waals surface area (Å²) in [7, 11) is -5.02. The van der Waals surface area contributed by atoms with Crippen molar-refractivity contribution in [3.63, 3.8) is 0 Å². The maximum Gasteiger partial charge on any atom is 0.472 e. The van der Waals surface area contributed by atoms with Crippen LogP contribution in [0.15, 0.2) is 60.8 Å². The van der Waals surface area contributed by atoms with Crippen LogP contribution in [0.2, 0.25) is 0 Å². The summed E-state index contributed by atoms with van der Waals surface area (Å²) in [5.74, 6) is -0.630. The topological polar surface area (TPSA) is 203 Å². The van der Waals surface area contributed by atoms with E-state index in [1.54, 1.807) is 0 Å². The van der Waals surface area contributed by atoms with Crippen LogP contribution < -0.4 is 0 Å². The highest BCUT2D eigenvalue weighted by Crippen LogP contribution is 2.47. The van der Waals surface area contributed by atoms with Crippen LogP contribution >= 0.6 is 7.82 Å². The summed E-state index contributed by atoms with van der Waals surface area (Å²) in [5, 5.41) is 58.3. The zero-order chi connectivity index (χ0) is 32.8. The summed E-state index contributed by atoms with van der Waals surface area (Å²) in [6.45, 7) is 0.665. The van der Waals surface area contributed by atoms with Crippen molar-refractivity contribution in [3.05, 3.63) is 60.8 Å². The molecule has 0 radical (unpaired) electrons. The number of aliphatic hydroxyl groups is 6. The Kier molecular flexibility index (Phi) is 21.3. The molecule has 252 valence electrons. The highest BCUT2D eigenvalue weighted by Gasteiger charge is 2.51. The quantitative estimate of drug-likeness (QED) is 0.0393. The summed E-state index contributed by atoms with van der Waals surface area (Å²) in [4.78, 5) is 22.0. The van der Waals surface area contributed by atoms with Crippen molar-refractivity contribution in [1.82, 2.24) is 0 Å². The minimum atomic E-state index is -5.02. The van der Waals surface area contributed by atoms with Crippen molar-refractivity contribution < 1.29 is 58.7 Å². The van der Waals surface area contributed by atoms with Crippen LogP contribution in [0.5, 0.6) is 0 Å². The summed E-state index contributed by atoms with van der Waals surface area (Å²) >= 11 is 0. The first-order valence-corrected chi connectivity index (χ1v) is 16.6. The number of hydrogen-bond donors (Lipinski definition) is 7. The molecule has 1 aliphatic carbocycles. The molecule has 0 aromatic heterocycles. The molecule has 0 bridgehead atoms. The van der Waals surface area contributed by atoms with E-state index < -0.39 is 69.7 Å². The molecule has 7 N–H and O–H groups in total. The van der Waals surface area contributed by atoms with Gasteiger partial charge in [0.1, 0.15) is 42.7 Å². The molecule has 0 spiro atoms. The fraction of sp³-hybridized carbons (Fsp3) is 0.645. The van der Waals surface area contributed by atoms with Crippen molar-refractivity contribution >= 4 is 13.8 Å². The Morgan fingerprint density at radius 3 is 1.70 bits per heavy atom. The van der Waals surface area contributed by atoms with E-state index in [0.29, 0.717) is 6.42 Å². The van der Waals surface area contributed by atoms with Crippen molar-refractivity contribution in [1.29, 1.82) is 0 Å². The molecule has 3 unspecified atom stereocenters. The average Bonchev–Trinajstić information content (AvgIpc) is 3.00. The maximum atomic E-state index is 12.3. The standard InChI is InChI=1S/C31H51O12P/c1-2-3-4-5-6-7-8-9-10-11-12-13-14-15-16-17-18-19-20-21-25(33)42-24(22-32)23-41-44(39,40)43-31-29(37)27(35)26(34)28(36)30(31)38/h3-4,6-7,9-10,12-13,15-16,24,26-32,34-38H,2,5,8,11,14,17-23H2,1H3,(H,39,40)/b4-3-,7-6-,10-9-,13-12-,16-15-/t24-,26?,27-,28+,29-,30-,31?/m1/s1. The number of hydrogen-bond acceptors (Lipinski definition) is 11. The fourth-order valence-corrected chi connectivity index (χ4v) is 5.10. The molecule has 1 rings (SSSR count). The molecule has 1 aliphatic rings. The minimum Gasteiger partial charge on any atom is -0.457 e. The number of carbonyl (C=O) groups excluding carboxylic acids is 1. The van der Waals surface area contributed by atoms with Crippen LogP contribution in [0, 0.1) is 0 Å². The van der Waals surface area contributed by atoms with E-state index in [-0.39, 0.29) is 6.42 Å². The third kappa shape index (κ3) is 16.9. The molecular weight excluding hydrogens is 595 g/mol. The third-order valence-electron chi connectivity index (χ3n) is 6.66. The van der Waals surface area contributed by atoms with Crippen LogP contribution in [0.3, 0.4) is 0 Å². The van der Waals surface area contributed by atoms with Crippen LogP contribution in [-0.4, -0.2) is 97.4 Å². The molecule has 0 aromatic rings. The van der Waals surface area contributed by atoms with Crippen molar-refractivity contribution in [2.24, 2.45) is 0 Å². The van der Waals surface area contributed by atoms with Gasteiger partial charge in [0.2, 0.25) is 0 Å². The van der Waals surface area contributed by atoms with Gasteiger partial charge in [-0.25, -0.2) is 4.57 Å². The first-order chi connectivity index (χ1) is 21.0. The lowest BCUT2D eigenvalue weighted by atomic mass is 9.85. The number of esters is 1. The van der Waals surface area contributed by atoms with Gasteiger partial charge in [0.05, 0.1) is 13.2 Å². The van der Waals surface area contributed by atoms with Gasteiger partial charge in [-0.15, -0.1) is 0 Å². The second-order valence-corrected chi connectivity index (χ2v) is 11.8. The Morgan fingerprint density at radius 2 is 1.20 bits per heavy atom. The van der Waals surface area contributed by atoms with Gasteiger partial charge in [-0.1, -0.05) is 74.1 Å². The molecule has 1 fully saturated rings. The van der Waals surface area contributed by atoms with Crippen molar-refractivity contribution in [2.45, 2.75) is 114 Å². The lowest BCUT2D eigenvalue weighted by molar-refractivity contribution is -0.220. The molecule has 1 saturated carbocycles. The van der Waals surface area contributed by atoms with Gasteiger partial charge in [-0.2, -0.15) is 0 Å². The Bertz CT molecular complexity index is 963. The first kappa shape index (κ1) is 40.1. The maximum absolute atomic E-state index is 12.3. The van der Waals surface area contributed by atoms with Crippen LogP contribution in [0.4, 0.5) is 0 Å². The van der Waals surface area contributed by atoms with Gasteiger partial charge in [0, 0.05) is 6.42 Å². The molecular formula is C31H51O12P. The van der Waals surface area contributed by atoms with Gasteiger partial charge in [-0.05, 0) is 51.4 Å². The summed E-state index contributed by atoms with van der Waals surface area (Å²) < 4.78 is 26.7. The van der Waals surface area contributed by atoms with Crippen LogP contribution in [-0.2, 0) is 23.1 Å². The van der Waals surface area contributed by atoms with E-state index >= 15 is 0 Å². The monoisotopic (exact) mass is 646 g/mol. The molecule has 0 saturated heterocycles. The number of allylic oxidation sites excluding steroid dienone is 10. The third-order valence-corrected chi connectivity index (χ3v) is 7.65. The number of phosphoric acid groups is 1. The van der Waals surface area contributed by atoms with Gasteiger partial charge in [-0.3, -0.25) is 13.8 Å². The molecule has 0 aliphatic heterocycles. The van der Waals surface area contributed by atoms with E-state index in [1.165, 1.54) is 0 Å². The normalized spacial score (nSPS) is 26.8. The van der Waals surface area contributed by atoms with E-state index in [0.717, 1.165) is 51.4 Å². The van der Waals surface area contributed by atoms with E-state index in [4.69, 9.17) is 9.26 Å². The largest absolute Gasteiger partial charge is 0.472 e. The molecule has 13 heteroatoms. The molecule has 12 nitrogen and oxygen atoms in total. The van der Waals surface area contributed by atoms with E-state index in [1.807, 2.05) is 0 Å². The molecule has 0 aromatic carbocycles. The summed E-state index contributed by atoms with van der Waals surface area (Å²) in [6, 6.07) is 0. The Labute approximate surface area is 260 Å². The highest BCUT2D eigenvalue weighted by atomic mass is 31.2. The van der Waals surface area contributed by atoms with Gasteiger partial charge in [0.15, 0.2) is 0 Å². The van der Waals surface area contributed by atoms with Crippen LogP contribution in [0.1, 0.15) is 71.1 Å². The van der Waals surface area contributed by atoms with E-state index in [9.17, 15) is 44.9 Å². The Hall–Kier alpha value is -1.96. The number of ether oxygens (including phenoxy) is 1. The van der Waals surface area contributed by atoms with Gasteiger partial charge in [0.25, 0.3) is 0 Å². The van der Waals surface area contributed by atoms with Crippen molar-refractivity contribution in [3.8, 4) is 0 Å². The number of rotatable bonds is 22. The second kappa shape index (κ2) is 23.4. The zero-order valence-corrected chi connectivity index (χ0v) is 26.3. The fourth-order valence-electron chi connectivity index (χ4n) is 4.13. The molecule has 44 heavy (non-hydrogen) atoms. The smallest absolute Gasteiger partial charge is 0.457 e. The number of carbonyl (C=O) groups is 1. The number of unbranched alkanes of at least 4 members (excludes halogenated alkanes) is 3. The molecule has 0 amide bonds. The predicted octanol–water partition coefficient (Wildman–Crippen LogP) is 2.91. The first-order valence-electron chi connectivity index (χ1n) is 15.1. The lowest BCUT2D eigenvalue weighted by Gasteiger charge is -2.41. The average molecular weight is 647 g/mol. The predicted molar refractivity (Wildman–Crippen MR) is 165 cm³/mol. The number of aliphatic hydroxyl groups excluding tert-OH is 6. The van der Waals surface area contributed by atoms with Crippen LogP contribution in [0.25, 0.3) is 0 Å². The Balaban J connectivity index is 2.19. The van der Waals surface area contributed by atoms with E-state index in [2.05, 4.69) is 72.2 Å². The highest BCUT2D eigenvalue weighted by molar-refractivity contribution is 7.47. The molecule has 0 heterocycles. The van der Waals surface area contributed by atoms with Gasteiger partial charge < -0.3 is 40.3 Å². The Morgan fingerprint density at radius 1 is 0.727 bits per heavy atom. The zero-order valence-electron chi connectivity index (χ0n) is 25.4. The SMILES string of the molecule is CC/C=C\C/C=C\C/C=C\C/C=C\C/C=C\CCCCCC(=O)O[C@H](CO)COP(=O)(O)OC1[C@H](O)[C@H](O)C(O)[C@H](O)[C@H]1O. The van der Waals surface area contributed by atoms with Gasteiger partial charge >= 0.3 is 13.8 Å². The van der Waals surface area contributed by atoms with Crippen molar-refractivity contribution in [2.75, 3.05) is 13.2 Å². The number of phosphoric ester groups is 1. The minimum absolute atomic E-state index is 0.0774.